The number of halogens is 1. The van der Waals surface area contributed by atoms with E-state index in [4.69, 9.17) is 4.74 Å². The lowest BCUT2D eigenvalue weighted by atomic mass is 10.1. The van der Waals surface area contributed by atoms with Gasteiger partial charge in [0.2, 0.25) is 5.43 Å². The van der Waals surface area contributed by atoms with E-state index in [1.165, 1.54) is 16.8 Å². The maximum atomic E-state index is 14.3. The minimum Gasteiger partial charge on any atom is -0.373 e. The van der Waals surface area contributed by atoms with Crippen molar-refractivity contribution in [2.45, 2.75) is 51.9 Å². The van der Waals surface area contributed by atoms with Crippen molar-refractivity contribution in [1.82, 2.24) is 19.6 Å². The molecule has 7 nitrogen and oxygen atoms in total. The Hall–Kier alpha value is -2.58. The molecule has 1 aromatic heterocycles. The Balaban J connectivity index is 1.59. The lowest BCUT2D eigenvalue weighted by Crippen LogP contribution is -2.51. The summed E-state index contributed by atoms with van der Waals surface area (Å²) in [6.07, 6.45) is 2.08. The van der Waals surface area contributed by atoms with Gasteiger partial charge in [-0.05, 0) is 45.7 Å². The molecular weight excluding hydrogens is 399 g/mol. The van der Waals surface area contributed by atoms with E-state index in [2.05, 4.69) is 23.8 Å². The maximum Gasteiger partial charge on any atom is 0.278 e. The summed E-state index contributed by atoms with van der Waals surface area (Å²) in [5, 5.41) is 4.29. The number of morpholine rings is 1. The number of likely N-dealkylation sites (tertiary alicyclic amines) is 1. The standard InChI is InChI=1S/C23H29FN4O3/c1-15-11-21(29)22(25-28(15)20-9-5-4-8-19(20)24)23(30)27-10-6-7-18(27)14-26-12-16(2)31-17(3)13-26/h4-5,8-9,11,16-18H,6-7,10,12-14H2,1-3H3. The second kappa shape index (κ2) is 8.88. The topological polar surface area (TPSA) is 67.7 Å². The molecule has 4 rings (SSSR count). The van der Waals surface area contributed by atoms with Gasteiger partial charge in [-0.3, -0.25) is 14.5 Å². The van der Waals surface area contributed by atoms with Crippen molar-refractivity contribution in [2.24, 2.45) is 0 Å². The number of hydrogen-bond acceptors (Lipinski definition) is 5. The average Bonchev–Trinajstić information content (AvgIpc) is 3.15. The molecule has 0 N–H and O–H groups in total. The lowest BCUT2D eigenvalue weighted by Gasteiger charge is -2.38. The van der Waals surface area contributed by atoms with Gasteiger partial charge in [0, 0.05) is 44.0 Å². The smallest absolute Gasteiger partial charge is 0.278 e. The highest BCUT2D eigenvalue weighted by atomic mass is 19.1. The van der Waals surface area contributed by atoms with Crippen LogP contribution in [0.5, 0.6) is 0 Å². The Bertz CT molecular complexity index is 1010. The first-order valence-electron chi connectivity index (χ1n) is 10.9. The van der Waals surface area contributed by atoms with Crippen LogP contribution in [0.3, 0.4) is 0 Å². The summed E-state index contributed by atoms with van der Waals surface area (Å²) < 4.78 is 21.5. The van der Waals surface area contributed by atoms with E-state index in [9.17, 15) is 14.0 Å². The van der Waals surface area contributed by atoms with Crippen molar-refractivity contribution in [3.8, 4) is 5.69 Å². The molecule has 0 bridgehead atoms. The van der Waals surface area contributed by atoms with E-state index in [0.717, 1.165) is 32.5 Å². The van der Waals surface area contributed by atoms with Crippen molar-refractivity contribution in [3.63, 3.8) is 0 Å². The Kier molecular flexibility index (Phi) is 6.20. The SMILES string of the molecule is Cc1cc(=O)c(C(=O)N2CCCC2CN2CC(C)OC(C)C2)nn1-c1ccccc1F. The van der Waals surface area contributed by atoms with Crippen LogP contribution in [-0.4, -0.2) is 69.9 Å². The third kappa shape index (κ3) is 4.55. The molecule has 0 radical (unpaired) electrons. The second-order valence-corrected chi connectivity index (χ2v) is 8.63. The zero-order valence-electron chi connectivity index (χ0n) is 18.3. The average molecular weight is 429 g/mol. The van der Waals surface area contributed by atoms with Gasteiger partial charge in [0.15, 0.2) is 5.69 Å². The van der Waals surface area contributed by atoms with Crippen LogP contribution >= 0.6 is 0 Å². The summed E-state index contributed by atoms with van der Waals surface area (Å²) >= 11 is 0. The van der Waals surface area contributed by atoms with Crippen molar-refractivity contribution in [3.05, 3.63) is 57.8 Å². The number of carbonyl (C=O) groups excluding carboxylic acids is 1. The van der Waals surface area contributed by atoms with Gasteiger partial charge in [-0.2, -0.15) is 5.10 Å². The zero-order valence-corrected chi connectivity index (χ0v) is 18.3. The Morgan fingerprint density at radius 1 is 1.23 bits per heavy atom. The van der Waals surface area contributed by atoms with E-state index in [0.29, 0.717) is 12.2 Å². The van der Waals surface area contributed by atoms with Crippen LogP contribution in [0.25, 0.3) is 5.69 Å². The number of amides is 1. The minimum absolute atomic E-state index is 0.0226. The molecular formula is C23H29FN4O3. The summed E-state index contributed by atoms with van der Waals surface area (Å²) in [6, 6.07) is 7.56. The van der Waals surface area contributed by atoms with E-state index in [1.807, 2.05) is 0 Å². The number of carbonyl (C=O) groups is 1. The maximum absolute atomic E-state index is 14.3. The van der Waals surface area contributed by atoms with E-state index in [1.54, 1.807) is 30.0 Å². The van der Waals surface area contributed by atoms with Gasteiger partial charge in [-0.1, -0.05) is 12.1 Å². The number of aryl methyl sites for hydroxylation is 1. The normalized spacial score (nSPS) is 24.5. The number of aromatic nitrogens is 2. The Labute approximate surface area is 181 Å². The van der Waals surface area contributed by atoms with Crippen LogP contribution < -0.4 is 5.43 Å². The molecule has 8 heteroatoms. The number of ether oxygens (including phenoxy) is 1. The molecule has 2 fully saturated rings. The summed E-state index contributed by atoms with van der Waals surface area (Å²) in [4.78, 5) is 30.1. The predicted molar refractivity (Wildman–Crippen MR) is 115 cm³/mol. The summed E-state index contributed by atoms with van der Waals surface area (Å²) in [5.74, 6) is -0.846. The second-order valence-electron chi connectivity index (χ2n) is 8.63. The van der Waals surface area contributed by atoms with Gasteiger partial charge in [-0.25, -0.2) is 9.07 Å². The first-order chi connectivity index (χ1) is 14.8. The minimum atomic E-state index is -0.463. The highest BCUT2D eigenvalue weighted by Gasteiger charge is 2.34. The van der Waals surface area contributed by atoms with Crippen molar-refractivity contribution < 1.29 is 13.9 Å². The van der Waals surface area contributed by atoms with Crippen molar-refractivity contribution in [2.75, 3.05) is 26.2 Å². The number of hydrogen-bond donors (Lipinski definition) is 0. The van der Waals surface area contributed by atoms with Gasteiger partial charge < -0.3 is 9.64 Å². The largest absolute Gasteiger partial charge is 0.373 e. The molecule has 2 aliphatic rings. The van der Waals surface area contributed by atoms with Crippen molar-refractivity contribution in [1.29, 1.82) is 0 Å². The van der Waals surface area contributed by atoms with Gasteiger partial charge in [-0.15, -0.1) is 0 Å². The molecule has 1 aromatic carbocycles. The molecule has 1 amide bonds. The molecule has 2 aromatic rings. The van der Waals surface area contributed by atoms with E-state index < -0.39 is 11.2 Å². The van der Waals surface area contributed by atoms with Crippen LogP contribution in [0.15, 0.2) is 35.1 Å². The van der Waals surface area contributed by atoms with Crippen LogP contribution in [0.1, 0.15) is 42.9 Å². The first kappa shape index (κ1) is 21.6. The fourth-order valence-corrected chi connectivity index (χ4v) is 4.72. The quantitative estimate of drug-likeness (QED) is 0.748. The molecule has 0 aliphatic carbocycles. The molecule has 31 heavy (non-hydrogen) atoms. The highest BCUT2D eigenvalue weighted by molar-refractivity contribution is 5.92. The molecule has 0 spiro atoms. The summed E-state index contributed by atoms with van der Waals surface area (Å²) in [5.41, 5.74) is 0.0862. The molecule has 2 aliphatic heterocycles. The zero-order chi connectivity index (χ0) is 22.1. The van der Waals surface area contributed by atoms with E-state index >= 15 is 0 Å². The fraction of sp³-hybridized carbons (Fsp3) is 0.522. The van der Waals surface area contributed by atoms with Crippen LogP contribution in [0.2, 0.25) is 0 Å². The Morgan fingerprint density at radius 3 is 2.65 bits per heavy atom. The summed E-state index contributed by atoms with van der Waals surface area (Å²) in [6.45, 7) is 8.78. The number of para-hydroxylation sites is 1. The monoisotopic (exact) mass is 428 g/mol. The molecule has 3 atom stereocenters. The number of nitrogens with zero attached hydrogens (tertiary/aromatic N) is 4. The third-order valence-electron chi connectivity index (χ3n) is 5.99. The van der Waals surface area contributed by atoms with Gasteiger partial charge in [0.05, 0.1) is 12.2 Å². The van der Waals surface area contributed by atoms with Gasteiger partial charge >= 0.3 is 0 Å². The molecule has 0 saturated carbocycles. The number of rotatable bonds is 4. The van der Waals surface area contributed by atoms with E-state index in [-0.39, 0.29) is 35.5 Å². The predicted octanol–water partition coefficient (Wildman–Crippen LogP) is 2.39. The van der Waals surface area contributed by atoms with Crippen molar-refractivity contribution >= 4 is 5.91 Å². The highest BCUT2D eigenvalue weighted by Crippen LogP contribution is 2.22. The van der Waals surface area contributed by atoms with Crippen LogP contribution in [0, 0.1) is 12.7 Å². The van der Waals surface area contributed by atoms with Crippen LogP contribution in [0.4, 0.5) is 4.39 Å². The van der Waals surface area contributed by atoms with Gasteiger partial charge in [0.25, 0.3) is 5.91 Å². The fourth-order valence-electron chi connectivity index (χ4n) is 4.72. The molecule has 3 heterocycles. The third-order valence-corrected chi connectivity index (χ3v) is 5.99. The first-order valence-corrected chi connectivity index (χ1v) is 10.9. The van der Waals surface area contributed by atoms with Gasteiger partial charge in [0.1, 0.15) is 11.5 Å². The number of benzene rings is 1. The molecule has 2 saturated heterocycles. The summed E-state index contributed by atoms with van der Waals surface area (Å²) in [7, 11) is 0. The van der Waals surface area contributed by atoms with Crippen LogP contribution in [-0.2, 0) is 4.74 Å². The Morgan fingerprint density at radius 2 is 1.94 bits per heavy atom. The lowest BCUT2D eigenvalue weighted by molar-refractivity contribution is -0.0715. The molecule has 166 valence electrons. The molecule has 3 unspecified atom stereocenters.